The predicted octanol–water partition coefficient (Wildman–Crippen LogP) is 4.01. The maximum absolute atomic E-state index is 12.4. The maximum atomic E-state index is 12.4. The molecule has 0 aliphatic heterocycles. The first kappa shape index (κ1) is 17.9. The summed E-state index contributed by atoms with van der Waals surface area (Å²) in [6, 6.07) is 14.3. The number of benzene rings is 2. The normalized spacial score (nSPS) is 10.5. The van der Waals surface area contributed by atoms with Gasteiger partial charge in [-0.3, -0.25) is 4.79 Å². The molecule has 0 fully saturated rings. The minimum Gasteiger partial charge on any atom is -0.497 e. The average molecular weight is 367 g/mol. The van der Waals surface area contributed by atoms with E-state index in [1.807, 2.05) is 30.5 Å². The Bertz CT molecular complexity index is 971. The second kappa shape index (κ2) is 8.01. The molecule has 5 nitrogen and oxygen atoms in total. The quantitative estimate of drug-likeness (QED) is 0.373. The zero-order valence-corrected chi connectivity index (χ0v) is 15.2. The number of pyridine rings is 1. The zero-order valence-electron chi connectivity index (χ0n) is 14.4. The Balaban J connectivity index is 1.71. The summed E-state index contributed by atoms with van der Waals surface area (Å²) in [6.07, 6.45) is 3.44. The molecule has 2 aromatic carbocycles. The lowest BCUT2D eigenvalue weighted by Gasteiger charge is -2.08. The summed E-state index contributed by atoms with van der Waals surface area (Å²) in [6.45, 7) is -0.316. The van der Waals surface area contributed by atoms with Gasteiger partial charge in [-0.15, -0.1) is 11.8 Å². The third-order valence-corrected chi connectivity index (χ3v) is 4.60. The van der Waals surface area contributed by atoms with E-state index in [1.54, 1.807) is 37.6 Å². The lowest BCUT2D eigenvalue weighted by atomic mass is 10.0. The van der Waals surface area contributed by atoms with Crippen LogP contribution in [0.15, 0.2) is 59.8 Å². The zero-order chi connectivity index (χ0) is 18.5. The molecule has 1 aromatic heterocycles. The fraction of sp³-hybridized carbons (Fsp3) is 0.150. The largest absolute Gasteiger partial charge is 0.497 e. The molecule has 1 heterocycles. The van der Waals surface area contributed by atoms with Gasteiger partial charge >= 0.3 is 5.97 Å². The van der Waals surface area contributed by atoms with Crippen LogP contribution in [0.25, 0.3) is 10.8 Å². The van der Waals surface area contributed by atoms with E-state index >= 15 is 0 Å². The van der Waals surface area contributed by atoms with E-state index in [1.165, 1.54) is 11.8 Å². The number of methoxy groups -OCH3 is 1. The highest BCUT2D eigenvalue weighted by molar-refractivity contribution is 7.98. The molecule has 26 heavy (non-hydrogen) atoms. The molecular formula is C20H17NO4S. The van der Waals surface area contributed by atoms with Crippen molar-refractivity contribution in [3.8, 4) is 5.75 Å². The molecule has 0 amide bonds. The second-order valence-corrected chi connectivity index (χ2v) is 6.28. The van der Waals surface area contributed by atoms with Gasteiger partial charge in [0.1, 0.15) is 10.8 Å². The predicted molar refractivity (Wildman–Crippen MR) is 101 cm³/mol. The Hall–Kier alpha value is -2.86. The second-order valence-electron chi connectivity index (χ2n) is 5.49. The fourth-order valence-corrected chi connectivity index (χ4v) is 3.06. The molecule has 6 heteroatoms. The van der Waals surface area contributed by atoms with E-state index in [4.69, 9.17) is 9.47 Å². The Kier molecular flexibility index (Phi) is 5.53. The molecule has 0 radical (unpaired) electrons. The van der Waals surface area contributed by atoms with Crippen LogP contribution >= 0.6 is 11.8 Å². The highest BCUT2D eigenvalue weighted by Gasteiger charge is 2.16. The number of rotatable bonds is 6. The number of fused-ring (bicyclic) bond motifs is 1. The van der Waals surface area contributed by atoms with Gasteiger partial charge in [0, 0.05) is 11.8 Å². The highest BCUT2D eigenvalue weighted by atomic mass is 32.2. The topological polar surface area (TPSA) is 65.5 Å². The van der Waals surface area contributed by atoms with Gasteiger partial charge in [0.2, 0.25) is 0 Å². The summed E-state index contributed by atoms with van der Waals surface area (Å²) in [5.41, 5.74) is 0.852. The van der Waals surface area contributed by atoms with Crippen molar-refractivity contribution in [1.82, 2.24) is 4.98 Å². The summed E-state index contributed by atoms with van der Waals surface area (Å²) in [4.78, 5) is 28.7. The number of hydrogen-bond acceptors (Lipinski definition) is 6. The molecule has 0 unspecified atom stereocenters. The van der Waals surface area contributed by atoms with Gasteiger partial charge in [-0.05, 0) is 47.4 Å². The molecule has 3 aromatic rings. The van der Waals surface area contributed by atoms with Crippen LogP contribution in [0.2, 0.25) is 0 Å². The fourth-order valence-electron chi connectivity index (χ4n) is 2.53. The molecule has 132 valence electrons. The van der Waals surface area contributed by atoms with Crippen LogP contribution in [0, 0.1) is 0 Å². The minimum absolute atomic E-state index is 0.259. The van der Waals surface area contributed by atoms with E-state index in [2.05, 4.69) is 4.98 Å². The number of Topliss-reactive ketones (excluding diaryl/α,β-unsaturated/α-hetero) is 1. The van der Waals surface area contributed by atoms with Crippen molar-refractivity contribution in [3.63, 3.8) is 0 Å². The molecule has 0 saturated heterocycles. The number of carbonyl (C=O) groups excluding carboxylic acids is 2. The third-order valence-electron chi connectivity index (χ3n) is 3.89. The van der Waals surface area contributed by atoms with Crippen LogP contribution < -0.4 is 4.74 Å². The Morgan fingerprint density at radius 2 is 1.85 bits per heavy atom. The number of ketones is 1. The van der Waals surface area contributed by atoms with Crippen molar-refractivity contribution in [2.45, 2.75) is 5.03 Å². The van der Waals surface area contributed by atoms with Crippen molar-refractivity contribution in [2.24, 2.45) is 0 Å². The monoisotopic (exact) mass is 367 g/mol. The van der Waals surface area contributed by atoms with E-state index in [-0.39, 0.29) is 12.4 Å². The lowest BCUT2D eigenvalue weighted by molar-refractivity contribution is 0.0470. The Morgan fingerprint density at radius 3 is 2.62 bits per heavy atom. The smallest absolute Gasteiger partial charge is 0.341 e. The molecular weight excluding hydrogens is 350 g/mol. The van der Waals surface area contributed by atoms with Crippen molar-refractivity contribution in [1.29, 1.82) is 0 Å². The van der Waals surface area contributed by atoms with Crippen molar-refractivity contribution in [3.05, 3.63) is 65.9 Å². The minimum atomic E-state index is -0.554. The molecule has 0 aliphatic rings. The molecule has 0 spiro atoms. The van der Waals surface area contributed by atoms with Crippen LogP contribution in [0.3, 0.4) is 0 Å². The summed E-state index contributed by atoms with van der Waals surface area (Å²) in [5.74, 6) is -0.0569. The first-order chi connectivity index (χ1) is 12.6. The molecule has 3 rings (SSSR count). The third kappa shape index (κ3) is 3.86. The number of esters is 1. The van der Waals surface area contributed by atoms with Crippen LogP contribution in [0.5, 0.6) is 5.75 Å². The maximum Gasteiger partial charge on any atom is 0.341 e. The SMILES string of the molecule is COc1ccc2cc(C(=O)COC(=O)c3cccnc3SC)ccc2c1. The number of hydrogen-bond donors (Lipinski definition) is 0. The van der Waals surface area contributed by atoms with Gasteiger partial charge in [0.15, 0.2) is 12.4 Å². The average Bonchev–Trinajstić information content (AvgIpc) is 2.70. The number of carbonyl (C=O) groups is 2. The summed E-state index contributed by atoms with van der Waals surface area (Å²) >= 11 is 1.35. The van der Waals surface area contributed by atoms with Crippen molar-refractivity contribution >= 4 is 34.3 Å². The first-order valence-electron chi connectivity index (χ1n) is 7.89. The van der Waals surface area contributed by atoms with Gasteiger partial charge in [0.25, 0.3) is 0 Å². The highest BCUT2D eigenvalue weighted by Crippen LogP contribution is 2.22. The number of ether oxygens (including phenoxy) is 2. The lowest BCUT2D eigenvalue weighted by Crippen LogP contribution is -2.15. The first-order valence-corrected chi connectivity index (χ1v) is 9.12. The van der Waals surface area contributed by atoms with Crippen molar-refractivity contribution < 1.29 is 19.1 Å². The van der Waals surface area contributed by atoms with Crippen LogP contribution in [-0.4, -0.2) is 36.7 Å². The number of aromatic nitrogens is 1. The molecule has 0 aliphatic carbocycles. The summed E-state index contributed by atoms with van der Waals surface area (Å²) in [7, 11) is 1.61. The number of thioether (sulfide) groups is 1. The van der Waals surface area contributed by atoms with Crippen molar-refractivity contribution in [2.75, 3.05) is 20.0 Å². The number of nitrogens with zero attached hydrogens (tertiary/aromatic N) is 1. The molecule has 0 N–H and O–H groups in total. The van der Waals surface area contributed by atoms with Crippen LogP contribution in [-0.2, 0) is 4.74 Å². The van der Waals surface area contributed by atoms with E-state index in [0.29, 0.717) is 16.2 Å². The standard InChI is InChI=1S/C20H17NO4S/c1-24-16-8-7-13-10-15(6-5-14(13)11-16)18(22)12-25-20(23)17-4-3-9-21-19(17)26-2/h3-11H,12H2,1-2H3. The van der Waals surface area contributed by atoms with Gasteiger partial charge in [-0.1, -0.05) is 18.2 Å². The van der Waals surface area contributed by atoms with E-state index < -0.39 is 5.97 Å². The van der Waals surface area contributed by atoms with E-state index in [9.17, 15) is 9.59 Å². The van der Waals surface area contributed by atoms with Gasteiger partial charge < -0.3 is 9.47 Å². The summed E-state index contributed by atoms with van der Waals surface area (Å²) in [5, 5.41) is 2.46. The molecule has 0 saturated carbocycles. The Morgan fingerprint density at radius 1 is 1.08 bits per heavy atom. The van der Waals surface area contributed by atoms with Crippen LogP contribution in [0.1, 0.15) is 20.7 Å². The Labute approximate surface area is 155 Å². The molecule has 0 bridgehead atoms. The molecule has 0 atom stereocenters. The van der Waals surface area contributed by atoms with Gasteiger partial charge in [-0.25, -0.2) is 9.78 Å². The summed E-state index contributed by atoms with van der Waals surface area (Å²) < 4.78 is 10.4. The van der Waals surface area contributed by atoms with Gasteiger partial charge in [0.05, 0.1) is 12.7 Å². The van der Waals surface area contributed by atoms with Gasteiger partial charge in [-0.2, -0.15) is 0 Å². The van der Waals surface area contributed by atoms with Crippen LogP contribution in [0.4, 0.5) is 0 Å². The van der Waals surface area contributed by atoms with E-state index in [0.717, 1.165) is 16.5 Å².